The van der Waals surface area contributed by atoms with Gasteiger partial charge >= 0.3 is 5.97 Å². The van der Waals surface area contributed by atoms with E-state index in [1.807, 2.05) is 18.2 Å². The van der Waals surface area contributed by atoms with Gasteiger partial charge in [-0.15, -0.1) is 11.3 Å². The maximum Gasteiger partial charge on any atom is 0.341 e. The molecule has 32 heavy (non-hydrogen) atoms. The van der Waals surface area contributed by atoms with Crippen molar-refractivity contribution < 1.29 is 23.8 Å². The van der Waals surface area contributed by atoms with E-state index < -0.39 is 5.97 Å². The molecule has 1 amide bonds. The number of fused-ring (bicyclic) bond motifs is 1. The molecule has 8 heteroatoms. The van der Waals surface area contributed by atoms with Crippen LogP contribution in [0.2, 0.25) is 0 Å². The number of carbonyl (C=O) groups excluding carboxylic acids is 2. The van der Waals surface area contributed by atoms with Gasteiger partial charge in [0.25, 0.3) is 0 Å². The van der Waals surface area contributed by atoms with Crippen molar-refractivity contribution in [1.29, 1.82) is 0 Å². The quantitative estimate of drug-likeness (QED) is 0.612. The van der Waals surface area contributed by atoms with E-state index in [1.54, 1.807) is 6.92 Å². The van der Waals surface area contributed by atoms with Gasteiger partial charge in [-0.1, -0.05) is 19.9 Å². The third-order valence-corrected chi connectivity index (χ3v) is 7.08. The zero-order valence-electron chi connectivity index (χ0n) is 18.8. The molecular formula is C24H30N2O5S. The number of hydrogen-bond acceptors (Lipinski definition) is 7. The Morgan fingerprint density at radius 3 is 2.75 bits per heavy atom. The fourth-order valence-corrected chi connectivity index (χ4v) is 5.22. The number of anilines is 1. The fraction of sp³-hybridized carbons (Fsp3) is 0.500. The number of thiophene rings is 1. The molecule has 2 aliphatic heterocycles. The lowest BCUT2D eigenvalue weighted by atomic mass is 10.0. The van der Waals surface area contributed by atoms with E-state index in [1.165, 1.54) is 11.3 Å². The minimum Gasteiger partial charge on any atom is -0.486 e. The van der Waals surface area contributed by atoms with Crippen molar-refractivity contribution in [2.75, 3.05) is 38.2 Å². The second kappa shape index (κ2) is 9.92. The van der Waals surface area contributed by atoms with Crippen molar-refractivity contribution in [1.82, 2.24) is 4.90 Å². The van der Waals surface area contributed by atoms with Crippen LogP contribution in [0.4, 0.5) is 5.00 Å². The fourth-order valence-electron chi connectivity index (χ4n) is 4.16. The van der Waals surface area contributed by atoms with E-state index in [4.69, 9.17) is 14.2 Å². The topological polar surface area (TPSA) is 77.1 Å². The van der Waals surface area contributed by atoms with Gasteiger partial charge in [-0.25, -0.2) is 4.79 Å². The van der Waals surface area contributed by atoms with Gasteiger partial charge < -0.3 is 19.5 Å². The van der Waals surface area contributed by atoms with Crippen LogP contribution in [0.1, 0.15) is 66.4 Å². The molecule has 1 atom stereocenters. The molecule has 1 aromatic heterocycles. The number of rotatable bonds is 7. The number of carbonyl (C=O) groups is 2. The highest BCUT2D eigenvalue weighted by molar-refractivity contribution is 7.16. The van der Waals surface area contributed by atoms with Crippen molar-refractivity contribution in [3.63, 3.8) is 0 Å². The standard InChI is InChI=1S/C24H30N2O5S/c1-4-29-24(28)17-13-21(15(2)3)32-23(17)25-22(27)14-26-9-5-6-18(26)16-7-8-19-20(12-16)31-11-10-30-19/h7-8,12-13,15,18H,4-6,9-11,14H2,1-3H3,(H,25,27). The monoisotopic (exact) mass is 458 g/mol. The van der Waals surface area contributed by atoms with Gasteiger partial charge in [0.15, 0.2) is 11.5 Å². The average Bonchev–Trinajstić information content (AvgIpc) is 3.41. The highest BCUT2D eigenvalue weighted by atomic mass is 32.1. The first-order valence-corrected chi connectivity index (χ1v) is 12.0. The van der Waals surface area contributed by atoms with E-state index in [0.717, 1.165) is 41.3 Å². The molecule has 3 heterocycles. The number of nitrogens with zero attached hydrogens (tertiary/aromatic N) is 1. The second-order valence-corrected chi connectivity index (χ2v) is 9.43. The Hall–Kier alpha value is -2.58. The summed E-state index contributed by atoms with van der Waals surface area (Å²) in [6.45, 7) is 8.42. The Morgan fingerprint density at radius 2 is 2.00 bits per heavy atom. The van der Waals surface area contributed by atoms with Gasteiger partial charge in [0.2, 0.25) is 5.91 Å². The third kappa shape index (κ3) is 4.91. The molecule has 0 bridgehead atoms. The molecule has 0 spiro atoms. The van der Waals surface area contributed by atoms with Crippen molar-refractivity contribution >= 4 is 28.2 Å². The number of likely N-dealkylation sites (tertiary alicyclic amines) is 1. The summed E-state index contributed by atoms with van der Waals surface area (Å²) in [6, 6.07) is 8.02. The van der Waals surface area contributed by atoms with E-state index >= 15 is 0 Å². The van der Waals surface area contributed by atoms with Crippen LogP contribution >= 0.6 is 11.3 Å². The molecule has 2 aromatic rings. The predicted molar refractivity (Wildman–Crippen MR) is 124 cm³/mol. The molecule has 1 unspecified atom stereocenters. The highest BCUT2D eigenvalue weighted by Crippen LogP contribution is 2.38. The van der Waals surface area contributed by atoms with E-state index in [9.17, 15) is 9.59 Å². The predicted octanol–water partition coefficient (Wildman–Crippen LogP) is 4.60. The molecule has 172 valence electrons. The zero-order valence-corrected chi connectivity index (χ0v) is 19.6. The first-order chi connectivity index (χ1) is 15.5. The van der Waals surface area contributed by atoms with E-state index in [0.29, 0.717) is 30.4 Å². The Morgan fingerprint density at radius 1 is 1.22 bits per heavy atom. The highest BCUT2D eigenvalue weighted by Gasteiger charge is 2.29. The summed E-state index contributed by atoms with van der Waals surface area (Å²) in [4.78, 5) is 28.6. The normalized spacial score (nSPS) is 18.1. The lowest BCUT2D eigenvalue weighted by Crippen LogP contribution is -2.33. The minimum absolute atomic E-state index is 0.128. The molecule has 1 aromatic carbocycles. The largest absolute Gasteiger partial charge is 0.486 e. The lowest BCUT2D eigenvalue weighted by Gasteiger charge is -2.26. The summed E-state index contributed by atoms with van der Waals surface area (Å²) >= 11 is 1.44. The molecule has 0 saturated carbocycles. The summed E-state index contributed by atoms with van der Waals surface area (Å²) in [5, 5.41) is 3.53. The summed E-state index contributed by atoms with van der Waals surface area (Å²) in [6.07, 6.45) is 2.01. The molecule has 7 nitrogen and oxygen atoms in total. The van der Waals surface area contributed by atoms with Gasteiger partial charge in [-0.2, -0.15) is 0 Å². The molecule has 2 aliphatic rings. The van der Waals surface area contributed by atoms with E-state index in [-0.39, 0.29) is 24.4 Å². The maximum atomic E-state index is 12.9. The van der Waals surface area contributed by atoms with Crippen LogP contribution in [-0.4, -0.2) is 49.7 Å². The van der Waals surface area contributed by atoms with Gasteiger partial charge in [0, 0.05) is 10.9 Å². The lowest BCUT2D eigenvalue weighted by molar-refractivity contribution is -0.117. The number of ether oxygens (including phenoxy) is 3. The van der Waals surface area contributed by atoms with Crippen molar-refractivity contribution in [2.24, 2.45) is 0 Å². The van der Waals surface area contributed by atoms with Crippen molar-refractivity contribution in [3.05, 3.63) is 40.3 Å². The summed E-state index contributed by atoms with van der Waals surface area (Å²) in [5.74, 6) is 1.27. The molecule has 1 saturated heterocycles. The van der Waals surface area contributed by atoms with Crippen LogP contribution in [0, 0.1) is 0 Å². The zero-order chi connectivity index (χ0) is 22.7. The Balaban J connectivity index is 1.46. The summed E-state index contributed by atoms with van der Waals surface area (Å²) in [7, 11) is 0. The third-order valence-electron chi connectivity index (χ3n) is 5.73. The number of nitrogens with one attached hydrogen (secondary N) is 1. The van der Waals surface area contributed by atoms with Gasteiger partial charge in [0.05, 0.1) is 18.7 Å². The number of esters is 1. The maximum absolute atomic E-state index is 12.9. The molecule has 1 fully saturated rings. The van der Waals surface area contributed by atoms with Crippen LogP contribution in [0.3, 0.4) is 0 Å². The Kier molecular flexibility index (Phi) is 7.01. The Bertz CT molecular complexity index is 987. The van der Waals surface area contributed by atoms with Gasteiger partial charge in [-0.3, -0.25) is 9.69 Å². The number of hydrogen-bond donors (Lipinski definition) is 1. The first-order valence-electron chi connectivity index (χ1n) is 11.2. The minimum atomic E-state index is -0.402. The van der Waals surface area contributed by atoms with Crippen LogP contribution in [0.25, 0.3) is 0 Å². The van der Waals surface area contributed by atoms with Crippen molar-refractivity contribution in [2.45, 2.75) is 45.6 Å². The molecular weight excluding hydrogens is 428 g/mol. The summed E-state index contributed by atoms with van der Waals surface area (Å²) < 4.78 is 16.5. The average molecular weight is 459 g/mol. The van der Waals surface area contributed by atoms with Crippen LogP contribution in [-0.2, 0) is 9.53 Å². The van der Waals surface area contributed by atoms with Crippen LogP contribution in [0.5, 0.6) is 11.5 Å². The molecule has 4 rings (SSSR count). The van der Waals surface area contributed by atoms with Gasteiger partial charge in [0.1, 0.15) is 18.2 Å². The van der Waals surface area contributed by atoms with E-state index in [2.05, 4.69) is 30.1 Å². The molecule has 0 aliphatic carbocycles. The smallest absolute Gasteiger partial charge is 0.341 e. The molecule has 0 radical (unpaired) electrons. The first kappa shape index (κ1) is 22.6. The van der Waals surface area contributed by atoms with Crippen LogP contribution in [0.15, 0.2) is 24.3 Å². The summed E-state index contributed by atoms with van der Waals surface area (Å²) in [5.41, 5.74) is 1.56. The second-order valence-electron chi connectivity index (χ2n) is 8.35. The van der Waals surface area contributed by atoms with Gasteiger partial charge in [-0.05, 0) is 56.0 Å². The Labute approximate surface area is 192 Å². The molecule has 1 N–H and O–H groups in total. The SMILES string of the molecule is CCOC(=O)c1cc(C(C)C)sc1NC(=O)CN1CCCC1c1ccc2c(c1)OCCO2. The van der Waals surface area contributed by atoms with Crippen molar-refractivity contribution in [3.8, 4) is 11.5 Å². The number of amides is 1. The van der Waals surface area contributed by atoms with Crippen LogP contribution < -0.4 is 14.8 Å². The number of benzene rings is 1.